The summed E-state index contributed by atoms with van der Waals surface area (Å²) in [5.41, 5.74) is 1.21. The number of para-hydroxylation sites is 2. The molecule has 1 unspecified atom stereocenters. The number of benzene rings is 2. The van der Waals surface area contributed by atoms with E-state index in [4.69, 9.17) is 9.47 Å². The van der Waals surface area contributed by atoms with Gasteiger partial charge in [-0.1, -0.05) is 25.1 Å². The first-order valence-electron chi connectivity index (χ1n) is 7.94. The molecule has 0 radical (unpaired) electrons. The summed E-state index contributed by atoms with van der Waals surface area (Å²) < 4.78 is 11.3. The molecule has 0 aliphatic rings. The molecular weight excluding hydrogens is 290 g/mol. The largest absolute Gasteiger partial charge is 0.492 e. The van der Waals surface area contributed by atoms with Gasteiger partial charge in [0.05, 0.1) is 18.4 Å². The van der Waals surface area contributed by atoms with Crippen molar-refractivity contribution in [3.05, 3.63) is 54.1 Å². The highest BCUT2D eigenvalue weighted by molar-refractivity contribution is 6.05. The van der Waals surface area contributed by atoms with Crippen molar-refractivity contribution < 1.29 is 14.3 Å². The lowest BCUT2D eigenvalue weighted by molar-refractivity contribution is 0.102. The van der Waals surface area contributed by atoms with Crippen LogP contribution in [0, 0.1) is 0 Å². The topological polar surface area (TPSA) is 47.6 Å². The molecule has 1 N–H and O–H groups in total. The van der Waals surface area contributed by atoms with Gasteiger partial charge in [0.1, 0.15) is 11.5 Å². The maximum absolute atomic E-state index is 12.5. The molecule has 2 aromatic rings. The smallest absolute Gasteiger partial charge is 0.255 e. The zero-order valence-electron chi connectivity index (χ0n) is 13.8. The molecule has 1 amide bonds. The van der Waals surface area contributed by atoms with E-state index < -0.39 is 0 Å². The minimum Gasteiger partial charge on any atom is -0.492 e. The number of amides is 1. The molecule has 0 aliphatic heterocycles. The summed E-state index contributed by atoms with van der Waals surface area (Å²) in [5, 5.41) is 2.89. The second-order valence-electron chi connectivity index (χ2n) is 5.25. The van der Waals surface area contributed by atoms with E-state index >= 15 is 0 Å². The molecule has 23 heavy (non-hydrogen) atoms. The first-order valence-corrected chi connectivity index (χ1v) is 7.94. The quantitative estimate of drug-likeness (QED) is 0.818. The van der Waals surface area contributed by atoms with Crippen molar-refractivity contribution in [2.45, 2.75) is 33.3 Å². The minimum absolute atomic E-state index is 0.118. The van der Waals surface area contributed by atoms with Crippen LogP contribution in [-0.4, -0.2) is 18.6 Å². The van der Waals surface area contributed by atoms with E-state index in [0.717, 1.165) is 6.42 Å². The van der Waals surface area contributed by atoms with Crippen molar-refractivity contribution in [3.63, 3.8) is 0 Å². The summed E-state index contributed by atoms with van der Waals surface area (Å²) in [4.78, 5) is 12.5. The van der Waals surface area contributed by atoms with Crippen molar-refractivity contribution >= 4 is 11.6 Å². The predicted octanol–water partition coefficient (Wildman–Crippen LogP) is 4.51. The molecule has 4 nitrogen and oxygen atoms in total. The molecule has 0 spiro atoms. The third-order valence-corrected chi connectivity index (χ3v) is 3.44. The molecule has 0 bridgehead atoms. The lowest BCUT2D eigenvalue weighted by Gasteiger charge is -2.14. The third-order valence-electron chi connectivity index (χ3n) is 3.44. The molecule has 2 aromatic carbocycles. The van der Waals surface area contributed by atoms with E-state index in [1.807, 2.05) is 50.2 Å². The average molecular weight is 313 g/mol. The van der Waals surface area contributed by atoms with Gasteiger partial charge in [-0.25, -0.2) is 0 Å². The molecule has 0 saturated carbocycles. The Hall–Kier alpha value is -2.49. The van der Waals surface area contributed by atoms with Gasteiger partial charge in [-0.3, -0.25) is 4.79 Å². The Bertz CT molecular complexity index is 655. The monoisotopic (exact) mass is 313 g/mol. The highest BCUT2D eigenvalue weighted by Crippen LogP contribution is 2.25. The Kier molecular flexibility index (Phi) is 6.03. The SMILES string of the molecule is CCOc1ccccc1NC(=O)c1cccc(OC(C)CC)c1. The van der Waals surface area contributed by atoms with E-state index in [-0.39, 0.29) is 12.0 Å². The second kappa shape index (κ2) is 8.22. The van der Waals surface area contributed by atoms with Crippen LogP contribution in [0.25, 0.3) is 0 Å². The highest BCUT2D eigenvalue weighted by atomic mass is 16.5. The molecule has 0 heterocycles. The first kappa shape index (κ1) is 16.9. The van der Waals surface area contributed by atoms with Crippen LogP contribution in [0.5, 0.6) is 11.5 Å². The van der Waals surface area contributed by atoms with Crippen molar-refractivity contribution in [2.24, 2.45) is 0 Å². The summed E-state index contributed by atoms with van der Waals surface area (Å²) in [7, 11) is 0. The summed E-state index contributed by atoms with van der Waals surface area (Å²) in [6.45, 7) is 6.52. The summed E-state index contributed by atoms with van der Waals surface area (Å²) in [6, 6.07) is 14.6. The van der Waals surface area contributed by atoms with Gasteiger partial charge in [-0.05, 0) is 50.6 Å². The summed E-state index contributed by atoms with van der Waals surface area (Å²) in [6.07, 6.45) is 1.03. The fraction of sp³-hybridized carbons (Fsp3) is 0.316. The predicted molar refractivity (Wildman–Crippen MR) is 92.4 cm³/mol. The van der Waals surface area contributed by atoms with E-state index in [1.165, 1.54) is 0 Å². The van der Waals surface area contributed by atoms with E-state index in [1.54, 1.807) is 12.1 Å². The summed E-state index contributed by atoms with van der Waals surface area (Å²) in [5.74, 6) is 1.17. The van der Waals surface area contributed by atoms with Gasteiger partial charge >= 0.3 is 0 Å². The van der Waals surface area contributed by atoms with Crippen LogP contribution in [0.3, 0.4) is 0 Å². The number of hydrogen-bond acceptors (Lipinski definition) is 3. The van der Waals surface area contributed by atoms with Crippen LogP contribution in [0.15, 0.2) is 48.5 Å². The molecule has 2 rings (SSSR count). The molecule has 0 aliphatic carbocycles. The van der Waals surface area contributed by atoms with E-state index in [9.17, 15) is 4.79 Å². The number of ether oxygens (including phenoxy) is 2. The Morgan fingerprint density at radius 2 is 1.91 bits per heavy atom. The maximum atomic E-state index is 12.5. The van der Waals surface area contributed by atoms with Gasteiger partial charge in [0, 0.05) is 5.56 Å². The van der Waals surface area contributed by atoms with Crippen LogP contribution >= 0.6 is 0 Å². The van der Waals surface area contributed by atoms with Crippen LogP contribution in [-0.2, 0) is 0 Å². The molecule has 0 aromatic heterocycles. The van der Waals surface area contributed by atoms with E-state index in [2.05, 4.69) is 12.2 Å². The van der Waals surface area contributed by atoms with Crippen LogP contribution < -0.4 is 14.8 Å². The number of carbonyl (C=O) groups is 1. The first-order chi connectivity index (χ1) is 11.1. The Morgan fingerprint density at radius 3 is 2.65 bits per heavy atom. The van der Waals surface area contributed by atoms with Gasteiger partial charge in [-0.2, -0.15) is 0 Å². The van der Waals surface area contributed by atoms with Crippen molar-refractivity contribution in [1.29, 1.82) is 0 Å². The Balaban J connectivity index is 2.13. The van der Waals surface area contributed by atoms with Crippen LogP contribution in [0.4, 0.5) is 5.69 Å². The number of rotatable bonds is 7. The van der Waals surface area contributed by atoms with Crippen LogP contribution in [0.2, 0.25) is 0 Å². The minimum atomic E-state index is -0.188. The van der Waals surface area contributed by atoms with Crippen molar-refractivity contribution in [1.82, 2.24) is 0 Å². The number of anilines is 1. The molecule has 4 heteroatoms. The molecule has 0 fully saturated rings. The van der Waals surface area contributed by atoms with Crippen LogP contribution in [0.1, 0.15) is 37.6 Å². The van der Waals surface area contributed by atoms with Crippen molar-refractivity contribution in [3.8, 4) is 11.5 Å². The molecule has 0 saturated heterocycles. The van der Waals surface area contributed by atoms with Gasteiger partial charge in [0.2, 0.25) is 0 Å². The van der Waals surface area contributed by atoms with Gasteiger partial charge in [0.25, 0.3) is 5.91 Å². The highest BCUT2D eigenvalue weighted by Gasteiger charge is 2.11. The Labute approximate surface area is 137 Å². The lowest BCUT2D eigenvalue weighted by Crippen LogP contribution is -2.14. The van der Waals surface area contributed by atoms with Gasteiger partial charge < -0.3 is 14.8 Å². The molecular formula is C19H23NO3. The molecule has 122 valence electrons. The van der Waals surface area contributed by atoms with E-state index in [0.29, 0.717) is 29.4 Å². The standard InChI is InChI=1S/C19H23NO3/c1-4-14(3)23-16-10-8-9-15(13-16)19(21)20-17-11-6-7-12-18(17)22-5-2/h6-14H,4-5H2,1-3H3,(H,20,21). The number of carbonyl (C=O) groups excluding carboxylic acids is 1. The number of nitrogens with one attached hydrogen (secondary N) is 1. The fourth-order valence-corrected chi connectivity index (χ4v) is 2.07. The maximum Gasteiger partial charge on any atom is 0.255 e. The number of hydrogen-bond donors (Lipinski definition) is 1. The summed E-state index contributed by atoms with van der Waals surface area (Å²) >= 11 is 0. The second-order valence-corrected chi connectivity index (χ2v) is 5.25. The zero-order valence-corrected chi connectivity index (χ0v) is 13.8. The average Bonchev–Trinajstić information content (AvgIpc) is 2.57. The third kappa shape index (κ3) is 4.74. The fourth-order valence-electron chi connectivity index (χ4n) is 2.07. The Morgan fingerprint density at radius 1 is 1.13 bits per heavy atom. The molecule has 1 atom stereocenters. The lowest BCUT2D eigenvalue weighted by atomic mass is 10.2. The van der Waals surface area contributed by atoms with Crippen molar-refractivity contribution in [2.75, 3.05) is 11.9 Å². The normalized spacial score (nSPS) is 11.6. The van der Waals surface area contributed by atoms with Gasteiger partial charge in [0.15, 0.2) is 0 Å². The zero-order chi connectivity index (χ0) is 16.7. The van der Waals surface area contributed by atoms with Gasteiger partial charge in [-0.15, -0.1) is 0 Å².